The lowest BCUT2D eigenvalue weighted by Crippen LogP contribution is -2.44. The van der Waals surface area contributed by atoms with Crippen molar-refractivity contribution in [2.24, 2.45) is 0 Å². The molecule has 0 aliphatic carbocycles. The third-order valence-electron chi connectivity index (χ3n) is 4.24. The maximum absolute atomic E-state index is 11.9. The third kappa shape index (κ3) is 4.06. The molecule has 4 nitrogen and oxygen atoms in total. The molecule has 24 heavy (non-hydrogen) atoms. The normalized spacial score (nSPS) is 15.2. The summed E-state index contributed by atoms with van der Waals surface area (Å²) in [5, 5.41) is 0.703. The van der Waals surface area contributed by atoms with Crippen molar-refractivity contribution < 1.29 is 0 Å². The van der Waals surface area contributed by atoms with E-state index in [1.54, 1.807) is 6.07 Å². The smallest absolute Gasteiger partial charge is 0.252 e. The molecule has 3 rings (SSSR count). The van der Waals surface area contributed by atoms with Crippen LogP contribution in [0.15, 0.2) is 35.1 Å². The van der Waals surface area contributed by atoms with Crippen molar-refractivity contribution in [3.63, 3.8) is 0 Å². The summed E-state index contributed by atoms with van der Waals surface area (Å²) in [6.45, 7) is 4.00. The number of aromatic nitrogens is 1. The van der Waals surface area contributed by atoms with Crippen molar-refractivity contribution in [3.8, 4) is 11.3 Å². The maximum atomic E-state index is 11.9. The highest BCUT2D eigenvalue weighted by Gasteiger charge is 2.17. The molecule has 1 N–H and O–H groups in total. The molecule has 130 valence electrons. The minimum Gasteiger partial charge on any atom is -0.368 e. The molecule has 1 aromatic heterocycles. The van der Waals surface area contributed by atoms with E-state index in [-0.39, 0.29) is 23.8 Å². The average molecular weight is 389 g/mol. The molecular weight excluding hydrogens is 369 g/mol. The Balaban J connectivity index is 0.00000208. The summed E-state index contributed by atoms with van der Waals surface area (Å²) in [5.41, 5.74) is 3.09. The number of pyridine rings is 1. The van der Waals surface area contributed by atoms with Gasteiger partial charge in [-0.1, -0.05) is 23.7 Å². The zero-order valence-electron chi connectivity index (χ0n) is 13.4. The summed E-state index contributed by atoms with van der Waals surface area (Å²) in [6.07, 6.45) is 0. The molecule has 0 radical (unpaired) electrons. The number of anilines is 1. The Kier molecular flexibility index (Phi) is 6.58. The van der Waals surface area contributed by atoms with E-state index in [2.05, 4.69) is 21.8 Å². The Bertz CT molecular complexity index is 755. The van der Waals surface area contributed by atoms with Crippen molar-refractivity contribution >= 4 is 41.3 Å². The predicted molar refractivity (Wildman–Crippen MR) is 104 cm³/mol. The van der Waals surface area contributed by atoms with Crippen LogP contribution < -0.4 is 10.5 Å². The zero-order chi connectivity index (χ0) is 16.4. The molecule has 0 bridgehead atoms. The first-order chi connectivity index (χ1) is 11.1. The van der Waals surface area contributed by atoms with E-state index < -0.39 is 0 Å². The maximum Gasteiger partial charge on any atom is 0.252 e. The number of rotatable bonds is 3. The number of nitrogens with zero attached hydrogens (tertiary/aromatic N) is 2. The fourth-order valence-electron chi connectivity index (χ4n) is 2.76. The Morgan fingerprint density at radius 2 is 1.83 bits per heavy atom. The van der Waals surface area contributed by atoms with Gasteiger partial charge in [-0.2, -0.15) is 0 Å². The number of piperazine rings is 1. The van der Waals surface area contributed by atoms with Gasteiger partial charge in [0.25, 0.3) is 5.56 Å². The SMILES string of the molecule is CN1CCN(c2ccc(-c3ccc(CCl)c(=O)[nH]3)cc2Cl)CC1.Cl. The molecular formula is C17H20Cl3N3O. The minimum atomic E-state index is -0.156. The number of nitrogens with one attached hydrogen (secondary N) is 1. The van der Waals surface area contributed by atoms with E-state index in [4.69, 9.17) is 23.2 Å². The lowest BCUT2D eigenvalue weighted by molar-refractivity contribution is 0.313. The molecule has 1 fully saturated rings. The Labute approximate surface area is 157 Å². The standard InChI is InChI=1S/C17H19Cl2N3O.ClH/c1-21-6-8-22(9-7-21)16-5-3-12(10-14(16)19)15-4-2-13(11-18)17(23)20-15;/h2-5,10H,6-9,11H2,1H3,(H,20,23);1H. The van der Waals surface area contributed by atoms with Crippen LogP contribution in [0.5, 0.6) is 0 Å². The number of H-pyrrole nitrogens is 1. The van der Waals surface area contributed by atoms with Gasteiger partial charge >= 0.3 is 0 Å². The van der Waals surface area contributed by atoms with Crippen LogP contribution in [-0.4, -0.2) is 43.1 Å². The molecule has 0 unspecified atom stereocenters. The van der Waals surface area contributed by atoms with Gasteiger partial charge in [0.2, 0.25) is 0 Å². The quantitative estimate of drug-likeness (QED) is 0.817. The van der Waals surface area contributed by atoms with Crippen molar-refractivity contribution in [2.45, 2.75) is 5.88 Å². The highest BCUT2D eigenvalue weighted by atomic mass is 35.5. The second-order valence-electron chi connectivity index (χ2n) is 5.82. The molecule has 1 saturated heterocycles. The average Bonchev–Trinajstić information content (AvgIpc) is 2.55. The van der Waals surface area contributed by atoms with E-state index in [9.17, 15) is 4.79 Å². The first kappa shape index (κ1) is 19.1. The van der Waals surface area contributed by atoms with Gasteiger partial charge < -0.3 is 14.8 Å². The zero-order valence-corrected chi connectivity index (χ0v) is 15.7. The number of likely N-dealkylation sites (N-methyl/N-ethyl adjacent to an activating group) is 1. The molecule has 0 saturated carbocycles. The van der Waals surface area contributed by atoms with Gasteiger partial charge in [-0.3, -0.25) is 4.79 Å². The van der Waals surface area contributed by atoms with E-state index in [1.807, 2.05) is 24.3 Å². The van der Waals surface area contributed by atoms with Crippen molar-refractivity contribution in [3.05, 3.63) is 51.3 Å². The molecule has 2 heterocycles. The summed E-state index contributed by atoms with van der Waals surface area (Å²) in [7, 11) is 2.13. The molecule has 0 atom stereocenters. The van der Waals surface area contributed by atoms with Crippen LogP contribution >= 0.6 is 35.6 Å². The second-order valence-corrected chi connectivity index (χ2v) is 6.49. The lowest BCUT2D eigenvalue weighted by atomic mass is 10.1. The summed E-state index contributed by atoms with van der Waals surface area (Å²) >= 11 is 12.2. The molecule has 1 aliphatic rings. The van der Waals surface area contributed by atoms with Crippen molar-refractivity contribution in [1.82, 2.24) is 9.88 Å². The van der Waals surface area contributed by atoms with Gasteiger partial charge in [0.1, 0.15) is 0 Å². The van der Waals surface area contributed by atoms with Gasteiger partial charge in [0, 0.05) is 37.4 Å². The molecule has 7 heteroatoms. The first-order valence-corrected chi connectivity index (χ1v) is 8.51. The van der Waals surface area contributed by atoms with Crippen LogP contribution in [0.4, 0.5) is 5.69 Å². The van der Waals surface area contributed by atoms with E-state index in [0.29, 0.717) is 10.6 Å². The largest absolute Gasteiger partial charge is 0.368 e. The number of hydrogen-bond acceptors (Lipinski definition) is 3. The van der Waals surface area contributed by atoms with E-state index >= 15 is 0 Å². The van der Waals surface area contributed by atoms with Crippen LogP contribution in [0.25, 0.3) is 11.3 Å². The van der Waals surface area contributed by atoms with Crippen molar-refractivity contribution in [1.29, 1.82) is 0 Å². The highest BCUT2D eigenvalue weighted by molar-refractivity contribution is 6.33. The Morgan fingerprint density at radius 3 is 2.42 bits per heavy atom. The summed E-state index contributed by atoms with van der Waals surface area (Å²) in [4.78, 5) is 19.3. The molecule has 0 amide bonds. The number of halogens is 3. The van der Waals surface area contributed by atoms with Crippen molar-refractivity contribution in [2.75, 3.05) is 38.1 Å². The molecule has 1 aromatic carbocycles. The van der Waals surface area contributed by atoms with Crippen LogP contribution in [0.1, 0.15) is 5.56 Å². The minimum absolute atomic E-state index is 0. The number of alkyl halides is 1. The Hall–Kier alpha value is -1.20. The van der Waals surface area contributed by atoms with Gasteiger partial charge in [-0.25, -0.2) is 0 Å². The van der Waals surface area contributed by atoms with Crippen LogP contribution in [-0.2, 0) is 5.88 Å². The summed E-state index contributed by atoms with van der Waals surface area (Å²) in [6, 6.07) is 9.53. The van der Waals surface area contributed by atoms with Gasteiger partial charge in [-0.15, -0.1) is 24.0 Å². The summed E-state index contributed by atoms with van der Waals surface area (Å²) in [5.74, 6) is 0.207. The second kappa shape index (κ2) is 8.26. The van der Waals surface area contributed by atoms with Crippen LogP contribution in [0.2, 0.25) is 5.02 Å². The molecule has 1 aliphatic heterocycles. The van der Waals surface area contributed by atoms with Crippen LogP contribution in [0, 0.1) is 0 Å². The predicted octanol–water partition coefficient (Wildman–Crippen LogP) is 3.61. The van der Waals surface area contributed by atoms with E-state index in [0.717, 1.165) is 43.1 Å². The fraction of sp³-hybridized carbons (Fsp3) is 0.353. The Morgan fingerprint density at radius 1 is 1.12 bits per heavy atom. The first-order valence-electron chi connectivity index (χ1n) is 7.60. The number of benzene rings is 1. The van der Waals surface area contributed by atoms with Gasteiger partial charge in [0.15, 0.2) is 0 Å². The molecule has 2 aromatic rings. The number of aromatic amines is 1. The topological polar surface area (TPSA) is 39.3 Å². The monoisotopic (exact) mass is 387 g/mol. The number of hydrogen-bond donors (Lipinski definition) is 1. The van der Waals surface area contributed by atoms with Gasteiger partial charge in [-0.05, 0) is 30.8 Å². The van der Waals surface area contributed by atoms with Crippen LogP contribution in [0.3, 0.4) is 0 Å². The fourth-order valence-corrected chi connectivity index (χ4v) is 3.27. The molecule has 0 spiro atoms. The lowest BCUT2D eigenvalue weighted by Gasteiger charge is -2.34. The summed E-state index contributed by atoms with van der Waals surface area (Å²) < 4.78 is 0. The van der Waals surface area contributed by atoms with E-state index in [1.165, 1.54) is 0 Å². The highest BCUT2D eigenvalue weighted by Crippen LogP contribution is 2.31. The third-order valence-corrected chi connectivity index (χ3v) is 4.83. The van der Waals surface area contributed by atoms with Gasteiger partial charge in [0.05, 0.1) is 16.6 Å².